The fourth-order valence-corrected chi connectivity index (χ4v) is 3.29. The minimum absolute atomic E-state index is 0.133. The van der Waals surface area contributed by atoms with Crippen LogP contribution >= 0.6 is 11.3 Å². The predicted molar refractivity (Wildman–Crippen MR) is 101 cm³/mol. The molecule has 28 heavy (non-hydrogen) atoms. The number of carbonyl (C=O) groups excluding carboxylic acids is 2. The molecule has 0 unspecified atom stereocenters. The Morgan fingerprint density at radius 2 is 1.82 bits per heavy atom. The Balaban J connectivity index is 2.11. The van der Waals surface area contributed by atoms with E-state index < -0.39 is 17.5 Å². The van der Waals surface area contributed by atoms with Gasteiger partial charge in [-0.25, -0.2) is 14.6 Å². The van der Waals surface area contributed by atoms with Crippen molar-refractivity contribution in [1.82, 2.24) is 4.57 Å². The zero-order valence-corrected chi connectivity index (χ0v) is 15.9. The van der Waals surface area contributed by atoms with Crippen molar-refractivity contribution in [2.45, 2.75) is 6.54 Å². The first-order chi connectivity index (χ1) is 13.5. The lowest BCUT2D eigenvalue weighted by Gasteiger charge is -2.06. The molecule has 9 heteroatoms. The van der Waals surface area contributed by atoms with E-state index >= 15 is 0 Å². The molecule has 3 aromatic rings. The Hall–Kier alpha value is -3.46. The number of esters is 2. The van der Waals surface area contributed by atoms with Crippen LogP contribution in [0.25, 0.3) is 0 Å². The summed E-state index contributed by atoms with van der Waals surface area (Å²) in [5, 5.41) is 0. The van der Waals surface area contributed by atoms with Crippen LogP contribution in [0, 0.1) is 0 Å². The van der Waals surface area contributed by atoms with Gasteiger partial charge in [0, 0.05) is 6.07 Å². The molecule has 0 aliphatic carbocycles. The highest BCUT2D eigenvalue weighted by atomic mass is 32.1. The quantitative estimate of drug-likeness (QED) is 0.610. The number of hydrogen-bond acceptors (Lipinski definition) is 8. The van der Waals surface area contributed by atoms with Crippen LogP contribution in [0.15, 0.2) is 62.9 Å². The van der Waals surface area contributed by atoms with Crippen LogP contribution in [0.5, 0.6) is 0 Å². The Bertz CT molecular complexity index is 1110. The third-order valence-corrected chi connectivity index (χ3v) is 4.75. The van der Waals surface area contributed by atoms with E-state index in [-0.39, 0.29) is 16.2 Å². The molecule has 0 atom stereocenters. The summed E-state index contributed by atoms with van der Waals surface area (Å²) < 4.78 is 16.1. The van der Waals surface area contributed by atoms with Gasteiger partial charge in [-0.1, -0.05) is 11.3 Å². The topological polar surface area (TPSA) is 100 Å². The maximum atomic E-state index is 12.6. The minimum Gasteiger partial charge on any atom is -0.467 e. The highest BCUT2D eigenvalue weighted by molar-refractivity contribution is 7.11. The largest absolute Gasteiger partial charge is 0.467 e. The van der Waals surface area contributed by atoms with Gasteiger partial charge in [-0.2, -0.15) is 0 Å². The molecule has 0 N–H and O–H groups in total. The zero-order valence-electron chi connectivity index (χ0n) is 15.1. The first-order valence-corrected chi connectivity index (χ1v) is 8.92. The van der Waals surface area contributed by atoms with E-state index in [1.165, 1.54) is 31.1 Å². The highest BCUT2D eigenvalue weighted by Gasteiger charge is 2.13. The van der Waals surface area contributed by atoms with Crippen LogP contribution < -0.4 is 10.4 Å². The van der Waals surface area contributed by atoms with E-state index in [0.717, 1.165) is 11.3 Å². The molecule has 2 heterocycles. The first-order valence-electron chi connectivity index (χ1n) is 8.10. The van der Waals surface area contributed by atoms with Crippen molar-refractivity contribution in [1.29, 1.82) is 0 Å². The van der Waals surface area contributed by atoms with E-state index in [9.17, 15) is 14.4 Å². The molecule has 3 rings (SSSR count). The van der Waals surface area contributed by atoms with Crippen LogP contribution in [-0.2, 0) is 16.0 Å². The van der Waals surface area contributed by atoms with Gasteiger partial charge in [-0.15, -0.1) is 0 Å². The summed E-state index contributed by atoms with van der Waals surface area (Å²) in [6.45, 7) is 0.156. The molecule has 0 amide bonds. The highest BCUT2D eigenvalue weighted by Crippen LogP contribution is 2.14. The molecular weight excluding hydrogens is 384 g/mol. The van der Waals surface area contributed by atoms with Crippen LogP contribution in [0.4, 0.5) is 5.69 Å². The summed E-state index contributed by atoms with van der Waals surface area (Å²) in [7, 11) is 2.54. The Morgan fingerprint density at radius 3 is 2.43 bits per heavy atom. The van der Waals surface area contributed by atoms with Gasteiger partial charge in [0.15, 0.2) is 4.80 Å². The average molecular weight is 400 g/mol. The number of furan rings is 1. The lowest BCUT2D eigenvalue weighted by molar-refractivity contribution is 0.0594. The maximum Gasteiger partial charge on any atom is 0.348 e. The molecule has 8 nitrogen and oxygen atoms in total. The molecule has 1 aromatic carbocycles. The van der Waals surface area contributed by atoms with Gasteiger partial charge in [-0.3, -0.25) is 9.36 Å². The van der Waals surface area contributed by atoms with Crippen LogP contribution in [0.1, 0.15) is 25.8 Å². The van der Waals surface area contributed by atoms with Gasteiger partial charge in [0.05, 0.1) is 38.3 Å². The van der Waals surface area contributed by atoms with E-state index in [1.807, 2.05) is 0 Å². The third kappa shape index (κ3) is 4.26. The number of carbonyl (C=O) groups is 2. The lowest BCUT2D eigenvalue weighted by Crippen LogP contribution is -2.32. The SMILES string of the molecule is COC(=O)c1ccc(N=c2sc(C(=O)OC)cc(=O)n2Cc2ccco2)cc1. The van der Waals surface area contributed by atoms with E-state index in [1.54, 1.807) is 36.4 Å². The second-order valence-electron chi connectivity index (χ2n) is 5.54. The minimum atomic E-state index is -0.621. The molecular formula is C19H16N2O6S. The Kier molecular flexibility index (Phi) is 5.85. The van der Waals surface area contributed by atoms with Crippen molar-refractivity contribution in [3.05, 3.63) is 80.1 Å². The van der Waals surface area contributed by atoms with E-state index in [0.29, 0.717) is 17.0 Å². The number of rotatable bonds is 5. The number of ether oxygens (including phenoxy) is 2. The molecule has 0 saturated carbocycles. The molecule has 0 saturated heterocycles. The van der Waals surface area contributed by atoms with E-state index in [4.69, 9.17) is 9.15 Å². The Labute approximate surface area is 163 Å². The summed E-state index contributed by atoms with van der Waals surface area (Å²) in [6.07, 6.45) is 1.51. The van der Waals surface area contributed by atoms with Crippen molar-refractivity contribution in [3.8, 4) is 0 Å². The second kappa shape index (κ2) is 8.49. The molecule has 0 radical (unpaired) electrons. The summed E-state index contributed by atoms with van der Waals surface area (Å²) >= 11 is 1.02. The smallest absolute Gasteiger partial charge is 0.348 e. The predicted octanol–water partition coefficient (Wildman–Crippen LogP) is 2.36. The number of benzene rings is 1. The maximum absolute atomic E-state index is 12.6. The average Bonchev–Trinajstić information content (AvgIpc) is 3.23. The number of aromatic nitrogens is 1. The fourth-order valence-electron chi connectivity index (χ4n) is 2.36. The number of hydrogen-bond donors (Lipinski definition) is 0. The number of nitrogens with zero attached hydrogens (tertiary/aromatic N) is 2. The third-order valence-electron chi connectivity index (χ3n) is 3.75. The fraction of sp³-hybridized carbons (Fsp3) is 0.158. The summed E-state index contributed by atoms with van der Waals surface area (Å²) in [4.78, 5) is 40.9. The van der Waals surface area contributed by atoms with Crippen molar-refractivity contribution < 1.29 is 23.5 Å². The molecule has 144 valence electrons. The monoisotopic (exact) mass is 400 g/mol. The van der Waals surface area contributed by atoms with Gasteiger partial charge in [0.25, 0.3) is 5.56 Å². The van der Waals surface area contributed by atoms with Gasteiger partial charge in [0.1, 0.15) is 10.6 Å². The van der Waals surface area contributed by atoms with Gasteiger partial charge < -0.3 is 13.9 Å². The first kappa shape index (κ1) is 19.3. The summed E-state index contributed by atoms with van der Waals surface area (Å²) in [5.41, 5.74) is 0.459. The van der Waals surface area contributed by atoms with Crippen molar-refractivity contribution in [3.63, 3.8) is 0 Å². The molecule has 0 aliphatic rings. The summed E-state index contributed by atoms with van der Waals surface area (Å²) in [6, 6.07) is 11.0. The molecule has 0 bridgehead atoms. The van der Waals surface area contributed by atoms with Crippen LogP contribution in [-0.4, -0.2) is 30.7 Å². The molecule has 0 spiro atoms. The van der Waals surface area contributed by atoms with Crippen LogP contribution in [0.3, 0.4) is 0 Å². The summed E-state index contributed by atoms with van der Waals surface area (Å²) in [5.74, 6) is -0.515. The molecule has 2 aromatic heterocycles. The van der Waals surface area contributed by atoms with Crippen LogP contribution in [0.2, 0.25) is 0 Å². The van der Waals surface area contributed by atoms with Gasteiger partial charge >= 0.3 is 11.9 Å². The number of methoxy groups -OCH3 is 2. The van der Waals surface area contributed by atoms with E-state index in [2.05, 4.69) is 9.73 Å². The molecule has 0 fully saturated rings. The Morgan fingerprint density at radius 1 is 1.11 bits per heavy atom. The van der Waals surface area contributed by atoms with Crippen molar-refractivity contribution in [2.75, 3.05) is 14.2 Å². The van der Waals surface area contributed by atoms with Crippen molar-refractivity contribution >= 4 is 29.0 Å². The lowest BCUT2D eigenvalue weighted by atomic mass is 10.2. The van der Waals surface area contributed by atoms with Gasteiger partial charge in [0.2, 0.25) is 0 Å². The normalized spacial score (nSPS) is 11.3. The zero-order chi connectivity index (χ0) is 20.1. The molecule has 0 aliphatic heterocycles. The van der Waals surface area contributed by atoms with Crippen molar-refractivity contribution in [2.24, 2.45) is 4.99 Å². The second-order valence-corrected chi connectivity index (χ2v) is 6.55. The standard InChI is InChI=1S/C19H16N2O6S/c1-25-17(23)12-5-7-13(8-6-12)20-19-21(11-14-4-3-9-27-14)16(22)10-15(28-19)18(24)26-2/h3-10H,11H2,1-2H3. The van der Waals surface area contributed by atoms with Gasteiger partial charge in [-0.05, 0) is 36.4 Å².